The molecule has 0 saturated carbocycles. The van der Waals surface area contributed by atoms with Gasteiger partial charge in [-0.25, -0.2) is 18.4 Å². The number of benzene rings is 3. The van der Waals surface area contributed by atoms with Crippen LogP contribution in [-0.4, -0.2) is 67.8 Å². The molecule has 5 rings (SSSR count). The summed E-state index contributed by atoms with van der Waals surface area (Å²) in [6.07, 6.45) is 0. The highest BCUT2D eigenvalue weighted by molar-refractivity contribution is 8.00. The maximum absolute atomic E-state index is 12.8. The molecule has 1 N–H and O–H groups in total. The lowest BCUT2D eigenvalue weighted by atomic mass is 10.2. The number of hydrogen-bond acceptors (Lipinski definition) is 8. The summed E-state index contributed by atoms with van der Waals surface area (Å²) in [5.41, 5.74) is 2.14. The Balaban J connectivity index is 1.31. The Morgan fingerprint density at radius 1 is 1.03 bits per heavy atom. The summed E-state index contributed by atoms with van der Waals surface area (Å²) in [7, 11) is -2.00. The van der Waals surface area contributed by atoms with Crippen molar-refractivity contribution in [3.63, 3.8) is 0 Å². The number of carbonyl (C=O) groups excluding carboxylic acids is 1. The molecule has 38 heavy (non-hydrogen) atoms. The number of amides is 1. The van der Waals surface area contributed by atoms with E-state index >= 15 is 0 Å². The number of anilines is 1. The minimum atomic E-state index is -3.60. The van der Waals surface area contributed by atoms with Crippen LogP contribution in [0.4, 0.5) is 5.69 Å². The fourth-order valence-corrected chi connectivity index (χ4v) is 6.23. The van der Waals surface area contributed by atoms with Crippen LogP contribution in [0.2, 0.25) is 0 Å². The van der Waals surface area contributed by atoms with E-state index in [4.69, 9.17) is 19.4 Å². The highest BCUT2D eigenvalue weighted by Crippen LogP contribution is 2.31. The van der Waals surface area contributed by atoms with Gasteiger partial charge in [-0.15, -0.1) is 0 Å². The van der Waals surface area contributed by atoms with E-state index in [0.717, 1.165) is 16.5 Å². The maximum Gasteiger partial charge on any atom is 0.243 e. The SMILES string of the molecule is COc1ccc2nc(-c3ccccc3)nc(SCC(=O)Nc3ccc(S(=O)(=O)N4CCOCC4)cc3)c2c1. The Kier molecular flexibility index (Phi) is 7.89. The molecule has 1 aliphatic rings. The van der Waals surface area contributed by atoms with Crippen molar-refractivity contribution in [1.29, 1.82) is 0 Å². The minimum absolute atomic E-state index is 0.103. The average molecular weight is 551 g/mol. The van der Waals surface area contributed by atoms with Crippen LogP contribution in [0.25, 0.3) is 22.3 Å². The van der Waals surface area contributed by atoms with E-state index in [1.807, 2.05) is 48.5 Å². The van der Waals surface area contributed by atoms with Crippen LogP contribution in [0.5, 0.6) is 5.75 Å². The lowest BCUT2D eigenvalue weighted by Gasteiger charge is -2.26. The third-order valence-corrected chi connectivity index (χ3v) is 8.89. The molecule has 11 heteroatoms. The molecule has 0 atom stereocenters. The Labute approximate surface area is 225 Å². The van der Waals surface area contributed by atoms with Crippen molar-refractivity contribution in [3.8, 4) is 17.1 Å². The zero-order chi connectivity index (χ0) is 26.5. The summed E-state index contributed by atoms with van der Waals surface area (Å²) >= 11 is 1.30. The molecular formula is C27H26N4O5S2. The molecule has 1 fully saturated rings. The van der Waals surface area contributed by atoms with E-state index < -0.39 is 10.0 Å². The monoisotopic (exact) mass is 550 g/mol. The van der Waals surface area contributed by atoms with Crippen LogP contribution in [0.3, 0.4) is 0 Å². The lowest BCUT2D eigenvalue weighted by Crippen LogP contribution is -2.40. The molecular weight excluding hydrogens is 524 g/mol. The van der Waals surface area contributed by atoms with E-state index in [9.17, 15) is 13.2 Å². The Morgan fingerprint density at radius 3 is 2.47 bits per heavy atom. The average Bonchev–Trinajstić information content (AvgIpc) is 2.96. The molecule has 2 heterocycles. The molecule has 1 aromatic heterocycles. The quantitative estimate of drug-likeness (QED) is 0.258. The number of nitrogens with one attached hydrogen (secondary N) is 1. The van der Waals surface area contributed by atoms with Gasteiger partial charge in [0.05, 0.1) is 36.5 Å². The zero-order valence-electron chi connectivity index (χ0n) is 20.7. The highest BCUT2D eigenvalue weighted by Gasteiger charge is 2.26. The van der Waals surface area contributed by atoms with Gasteiger partial charge >= 0.3 is 0 Å². The fraction of sp³-hybridized carbons (Fsp3) is 0.222. The molecule has 3 aromatic carbocycles. The first-order valence-electron chi connectivity index (χ1n) is 12.0. The van der Waals surface area contributed by atoms with Crippen molar-refractivity contribution in [1.82, 2.24) is 14.3 Å². The topological polar surface area (TPSA) is 111 Å². The number of nitrogens with zero attached hydrogens (tertiary/aromatic N) is 3. The van der Waals surface area contributed by atoms with Gasteiger partial charge in [-0.3, -0.25) is 4.79 Å². The molecule has 1 saturated heterocycles. The van der Waals surface area contributed by atoms with Crippen molar-refractivity contribution < 1.29 is 22.7 Å². The van der Waals surface area contributed by atoms with Crippen LogP contribution in [0.15, 0.2) is 82.7 Å². The lowest BCUT2D eigenvalue weighted by molar-refractivity contribution is -0.113. The number of hydrogen-bond donors (Lipinski definition) is 1. The summed E-state index contributed by atoms with van der Waals surface area (Å²) in [5, 5.41) is 4.28. The van der Waals surface area contributed by atoms with E-state index in [1.54, 1.807) is 19.2 Å². The van der Waals surface area contributed by atoms with Gasteiger partial charge in [0, 0.05) is 29.7 Å². The largest absolute Gasteiger partial charge is 0.497 e. The molecule has 0 radical (unpaired) electrons. The van der Waals surface area contributed by atoms with Crippen LogP contribution >= 0.6 is 11.8 Å². The van der Waals surface area contributed by atoms with Gasteiger partial charge in [-0.05, 0) is 42.5 Å². The number of fused-ring (bicyclic) bond motifs is 1. The Bertz CT molecular complexity index is 1540. The predicted molar refractivity (Wildman–Crippen MR) is 147 cm³/mol. The fourth-order valence-electron chi connectivity index (χ4n) is 4.01. The normalized spacial score (nSPS) is 14.3. The second-order valence-corrected chi connectivity index (χ2v) is 11.4. The van der Waals surface area contributed by atoms with Crippen molar-refractivity contribution in [2.45, 2.75) is 9.92 Å². The van der Waals surface area contributed by atoms with E-state index in [1.165, 1.54) is 28.2 Å². The van der Waals surface area contributed by atoms with Gasteiger partial charge in [0.1, 0.15) is 10.8 Å². The maximum atomic E-state index is 12.8. The first-order chi connectivity index (χ1) is 18.4. The van der Waals surface area contributed by atoms with Crippen LogP contribution in [0.1, 0.15) is 0 Å². The molecule has 0 unspecified atom stereocenters. The summed E-state index contributed by atoms with van der Waals surface area (Å²) in [4.78, 5) is 22.4. The van der Waals surface area contributed by atoms with Gasteiger partial charge in [0.25, 0.3) is 0 Å². The van der Waals surface area contributed by atoms with Gasteiger partial charge in [0.15, 0.2) is 5.82 Å². The van der Waals surface area contributed by atoms with Gasteiger partial charge in [0.2, 0.25) is 15.9 Å². The molecule has 196 valence electrons. The van der Waals surface area contributed by atoms with Crippen molar-refractivity contribution in [2.24, 2.45) is 0 Å². The Morgan fingerprint density at radius 2 is 1.76 bits per heavy atom. The number of methoxy groups -OCH3 is 1. The number of ether oxygens (including phenoxy) is 2. The molecule has 0 aliphatic carbocycles. The summed E-state index contributed by atoms with van der Waals surface area (Å²) in [6, 6.07) is 21.4. The van der Waals surface area contributed by atoms with Crippen LogP contribution in [0, 0.1) is 0 Å². The Hall–Kier alpha value is -3.51. The van der Waals surface area contributed by atoms with Gasteiger partial charge < -0.3 is 14.8 Å². The molecule has 1 aliphatic heterocycles. The summed E-state index contributed by atoms with van der Waals surface area (Å²) in [5.74, 6) is 1.11. The minimum Gasteiger partial charge on any atom is -0.497 e. The second-order valence-electron chi connectivity index (χ2n) is 8.48. The summed E-state index contributed by atoms with van der Waals surface area (Å²) in [6.45, 7) is 1.42. The first-order valence-corrected chi connectivity index (χ1v) is 14.4. The standard InChI is InChI=1S/C27H26N4O5S2/c1-35-21-9-12-24-23(17-21)27(30-26(29-24)19-5-3-2-4-6-19)37-18-25(32)28-20-7-10-22(11-8-20)38(33,34)31-13-15-36-16-14-31/h2-12,17H,13-16,18H2,1H3,(H,28,32). The van der Waals surface area contributed by atoms with Crippen molar-refractivity contribution in [2.75, 3.05) is 44.5 Å². The molecule has 9 nitrogen and oxygen atoms in total. The van der Waals surface area contributed by atoms with Crippen LogP contribution < -0.4 is 10.1 Å². The number of carbonyl (C=O) groups is 1. The van der Waals surface area contributed by atoms with E-state index in [2.05, 4.69) is 5.32 Å². The van der Waals surface area contributed by atoms with E-state index in [-0.39, 0.29) is 16.6 Å². The molecule has 1 amide bonds. The third kappa shape index (κ3) is 5.81. The van der Waals surface area contributed by atoms with Crippen molar-refractivity contribution >= 4 is 44.3 Å². The van der Waals surface area contributed by atoms with E-state index in [0.29, 0.717) is 48.6 Å². The van der Waals surface area contributed by atoms with Gasteiger partial charge in [-0.1, -0.05) is 42.1 Å². The number of rotatable bonds is 8. The predicted octanol–water partition coefficient (Wildman–Crippen LogP) is 4.06. The molecule has 0 bridgehead atoms. The third-order valence-electron chi connectivity index (χ3n) is 5.99. The summed E-state index contributed by atoms with van der Waals surface area (Å²) < 4.78 is 37.7. The first kappa shape index (κ1) is 26.1. The number of aromatic nitrogens is 2. The zero-order valence-corrected chi connectivity index (χ0v) is 22.3. The van der Waals surface area contributed by atoms with Gasteiger partial charge in [-0.2, -0.15) is 4.31 Å². The number of sulfonamides is 1. The number of thioether (sulfide) groups is 1. The molecule has 4 aromatic rings. The van der Waals surface area contributed by atoms with Crippen molar-refractivity contribution in [3.05, 3.63) is 72.8 Å². The second kappa shape index (κ2) is 11.5. The highest BCUT2D eigenvalue weighted by atomic mass is 32.2. The van der Waals surface area contributed by atoms with Crippen LogP contribution in [-0.2, 0) is 19.6 Å². The molecule has 0 spiro atoms. The number of morpholine rings is 1. The smallest absolute Gasteiger partial charge is 0.243 e.